The summed E-state index contributed by atoms with van der Waals surface area (Å²) in [7, 11) is 0. The van der Waals surface area contributed by atoms with Gasteiger partial charge in [0.05, 0.1) is 9.90 Å². The highest BCUT2D eigenvalue weighted by molar-refractivity contribution is 7.20. The van der Waals surface area contributed by atoms with Crippen LogP contribution in [0, 0.1) is 0 Å². The number of ketones is 1. The molecule has 0 amide bonds. The fourth-order valence-electron chi connectivity index (χ4n) is 1.72. The average molecular weight is 331 g/mol. The molecule has 0 saturated heterocycles. The number of Topliss-reactive ketones (excluding diaryl/α,β-unsaturated/α-hetero) is 1. The predicted octanol–water partition coefficient (Wildman–Crippen LogP) is 4.05. The van der Waals surface area contributed by atoms with Crippen LogP contribution in [-0.4, -0.2) is 19.2 Å². The number of benzene rings is 1. The smallest absolute Gasteiger partial charge is 0.231 e. The molecular weight excluding hydrogens is 323 g/mol. The monoisotopic (exact) mass is 330 g/mol. The zero-order valence-corrected chi connectivity index (χ0v) is 12.3. The Labute approximate surface area is 128 Å². The lowest BCUT2D eigenvalue weighted by Crippen LogP contribution is -2.11. The van der Waals surface area contributed by atoms with Crippen LogP contribution in [0.4, 0.5) is 0 Å². The number of halogens is 2. The lowest BCUT2D eigenvalue weighted by molar-refractivity contribution is 0.0922. The molecule has 0 fully saturated rings. The highest BCUT2D eigenvalue weighted by Gasteiger charge is 2.17. The average Bonchev–Trinajstić information content (AvgIpc) is 3.01. The Bertz CT molecular complexity index is 668. The molecule has 0 unspecified atom stereocenters. The Balaban J connectivity index is 1.67. The van der Waals surface area contributed by atoms with Crippen LogP contribution in [0.1, 0.15) is 10.4 Å². The fraction of sp³-hybridized carbons (Fsp3) is 0.154. The van der Waals surface area contributed by atoms with Gasteiger partial charge in [-0.2, -0.15) is 0 Å². The molecule has 20 heavy (non-hydrogen) atoms. The molecule has 104 valence electrons. The van der Waals surface area contributed by atoms with Gasteiger partial charge < -0.3 is 14.2 Å². The minimum Gasteiger partial charge on any atom is -0.485 e. The molecule has 0 saturated carbocycles. The van der Waals surface area contributed by atoms with Crippen molar-refractivity contribution in [2.75, 3.05) is 13.4 Å². The lowest BCUT2D eigenvalue weighted by Gasteiger charge is -2.05. The van der Waals surface area contributed by atoms with Crippen LogP contribution in [0.3, 0.4) is 0 Å². The Morgan fingerprint density at radius 1 is 1.25 bits per heavy atom. The number of carbonyl (C=O) groups is 1. The first-order valence-corrected chi connectivity index (χ1v) is 7.21. The van der Waals surface area contributed by atoms with Gasteiger partial charge in [-0.1, -0.05) is 23.2 Å². The third-order valence-corrected chi connectivity index (χ3v) is 4.16. The Morgan fingerprint density at radius 2 is 2.05 bits per heavy atom. The summed E-state index contributed by atoms with van der Waals surface area (Å²) in [6.07, 6.45) is 0. The minimum absolute atomic E-state index is 0.119. The summed E-state index contributed by atoms with van der Waals surface area (Å²) in [5.41, 5.74) is 0.377. The van der Waals surface area contributed by atoms with E-state index in [1.165, 1.54) is 0 Å². The summed E-state index contributed by atoms with van der Waals surface area (Å²) in [5, 5.41) is 0. The van der Waals surface area contributed by atoms with Gasteiger partial charge in [-0.15, -0.1) is 11.3 Å². The van der Waals surface area contributed by atoms with Crippen LogP contribution in [-0.2, 0) is 0 Å². The molecule has 4 nitrogen and oxygen atoms in total. The van der Waals surface area contributed by atoms with Crippen LogP contribution < -0.4 is 14.2 Å². The van der Waals surface area contributed by atoms with Crippen LogP contribution in [0.2, 0.25) is 8.67 Å². The number of rotatable bonds is 4. The highest BCUT2D eigenvalue weighted by Crippen LogP contribution is 2.35. The van der Waals surface area contributed by atoms with Gasteiger partial charge >= 0.3 is 0 Å². The molecular formula is C13H8Cl2O4S. The largest absolute Gasteiger partial charge is 0.485 e. The fourth-order valence-corrected chi connectivity index (χ4v) is 3.22. The Hall–Kier alpha value is -1.43. The van der Waals surface area contributed by atoms with Crippen LogP contribution in [0.5, 0.6) is 17.2 Å². The molecule has 0 N–H and O–H groups in total. The van der Waals surface area contributed by atoms with E-state index in [1.807, 2.05) is 0 Å². The Morgan fingerprint density at radius 3 is 2.80 bits per heavy atom. The van der Waals surface area contributed by atoms with Crippen molar-refractivity contribution in [3.05, 3.63) is 38.5 Å². The van der Waals surface area contributed by atoms with Crippen LogP contribution in [0.15, 0.2) is 24.3 Å². The van der Waals surface area contributed by atoms with E-state index in [1.54, 1.807) is 24.3 Å². The second-order valence-electron chi connectivity index (χ2n) is 3.96. The Kier molecular flexibility index (Phi) is 3.74. The number of hydrogen-bond donors (Lipinski definition) is 0. The molecule has 7 heteroatoms. The maximum absolute atomic E-state index is 12.0. The maximum Gasteiger partial charge on any atom is 0.231 e. The molecule has 0 bridgehead atoms. The van der Waals surface area contributed by atoms with Crippen molar-refractivity contribution in [1.29, 1.82) is 0 Å². The summed E-state index contributed by atoms with van der Waals surface area (Å²) in [4.78, 5) is 12.0. The second-order valence-corrected chi connectivity index (χ2v) is 6.25. The summed E-state index contributed by atoms with van der Waals surface area (Å²) in [6, 6.07) is 6.66. The van der Waals surface area contributed by atoms with Gasteiger partial charge in [0.2, 0.25) is 12.6 Å². The molecule has 1 aromatic heterocycles. The molecule has 1 aromatic carbocycles. The predicted molar refractivity (Wildman–Crippen MR) is 76.7 cm³/mol. The SMILES string of the molecule is O=C(COc1ccc2c(c1)OCO2)c1cc(Cl)sc1Cl. The van der Waals surface area contributed by atoms with E-state index in [-0.39, 0.29) is 19.2 Å². The standard InChI is InChI=1S/C13H8Cl2O4S/c14-12-4-8(13(15)20-12)9(16)5-17-7-1-2-10-11(3-7)19-6-18-10/h1-4H,5-6H2. The molecule has 0 radical (unpaired) electrons. The van der Waals surface area contributed by atoms with Crippen molar-refractivity contribution < 1.29 is 19.0 Å². The van der Waals surface area contributed by atoms with E-state index in [0.717, 1.165) is 11.3 Å². The first-order chi connectivity index (χ1) is 9.63. The number of hydrogen-bond acceptors (Lipinski definition) is 5. The molecule has 0 spiro atoms. The molecule has 2 aromatic rings. The van der Waals surface area contributed by atoms with Gasteiger partial charge in [0.25, 0.3) is 0 Å². The van der Waals surface area contributed by atoms with Crippen molar-refractivity contribution in [2.45, 2.75) is 0 Å². The third kappa shape index (κ3) is 2.70. The first kappa shape index (κ1) is 13.5. The summed E-state index contributed by atoms with van der Waals surface area (Å²) >= 11 is 12.9. The van der Waals surface area contributed by atoms with Gasteiger partial charge in [0.15, 0.2) is 18.1 Å². The summed E-state index contributed by atoms with van der Waals surface area (Å²) < 4.78 is 16.7. The van der Waals surface area contributed by atoms with Crippen LogP contribution >= 0.6 is 34.5 Å². The van der Waals surface area contributed by atoms with Crippen LogP contribution in [0.25, 0.3) is 0 Å². The normalized spacial score (nSPS) is 12.5. The quantitative estimate of drug-likeness (QED) is 0.793. The summed E-state index contributed by atoms with van der Waals surface area (Å²) in [6.45, 7) is 0.0765. The molecule has 2 heterocycles. The van der Waals surface area contributed by atoms with Crippen molar-refractivity contribution in [3.8, 4) is 17.2 Å². The van der Waals surface area contributed by atoms with E-state index in [0.29, 0.717) is 31.5 Å². The van der Waals surface area contributed by atoms with Crippen molar-refractivity contribution in [3.63, 3.8) is 0 Å². The van der Waals surface area contributed by atoms with E-state index in [2.05, 4.69) is 0 Å². The molecule has 1 aliphatic rings. The van der Waals surface area contributed by atoms with E-state index in [4.69, 9.17) is 37.4 Å². The molecule has 3 rings (SSSR count). The number of ether oxygens (including phenoxy) is 3. The zero-order valence-electron chi connectivity index (χ0n) is 10.0. The van der Waals surface area contributed by atoms with Crippen molar-refractivity contribution in [1.82, 2.24) is 0 Å². The first-order valence-electron chi connectivity index (χ1n) is 5.64. The molecule has 0 atom stereocenters. The lowest BCUT2D eigenvalue weighted by atomic mass is 10.2. The van der Waals surface area contributed by atoms with Gasteiger partial charge in [0, 0.05) is 6.07 Å². The maximum atomic E-state index is 12.0. The van der Waals surface area contributed by atoms with E-state index in [9.17, 15) is 4.79 Å². The van der Waals surface area contributed by atoms with Crippen molar-refractivity contribution in [2.24, 2.45) is 0 Å². The second kappa shape index (κ2) is 5.52. The van der Waals surface area contributed by atoms with E-state index >= 15 is 0 Å². The minimum atomic E-state index is -0.226. The molecule has 0 aliphatic carbocycles. The van der Waals surface area contributed by atoms with Gasteiger partial charge in [0.1, 0.15) is 10.1 Å². The van der Waals surface area contributed by atoms with E-state index < -0.39 is 0 Å². The highest BCUT2D eigenvalue weighted by atomic mass is 35.5. The number of thiophene rings is 1. The number of fused-ring (bicyclic) bond motifs is 1. The van der Waals surface area contributed by atoms with Gasteiger partial charge in [-0.05, 0) is 18.2 Å². The van der Waals surface area contributed by atoms with Gasteiger partial charge in [-0.3, -0.25) is 4.79 Å². The molecule has 1 aliphatic heterocycles. The summed E-state index contributed by atoms with van der Waals surface area (Å²) in [5.74, 6) is 1.57. The van der Waals surface area contributed by atoms with Gasteiger partial charge in [-0.25, -0.2) is 0 Å². The topological polar surface area (TPSA) is 44.8 Å². The van der Waals surface area contributed by atoms with Crippen molar-refractivity contribution >= 4 is 40.3 Å². The third-order valence-electron chi connectivity index (χ3n) is 2.67. The number of carbonyl (C=O) groups excluding carboxylic acids is 1. The zero-order chi connectivity index (χ0) is 14.1.